The summed E-state index contributed by atoms with van der Waals surface area (Å²) >= 11 is 0. The van der Waals surface area contributed by atoms with E-state index >= 15 is 0 Å². The van der Waals surface area contributed by atoms with Gasteiger partial charge in [0.05, 0.1) is 18.2 Å². The minimum Gasteiger partial charge on any atom is -0.405 e. The molecule has 1 aromatic heterocycles. The zero-order valence-corrected chi connectivity index (χ0v) is 15.5. The molecule has 3 aromatic rings. The van der Waals surface area contributed by atoms with Crippen LogP contribution < -0.4 is 9.47 Å². The van der Waals surface area contributed by atoms with Gasteiger partial charge in [-0.2, -0.15) is 5.26 Å². The van der Waals surface area contributed by atoms with Gasteiger partial charge < -0.3 is 9.47 Å². The topological polar surface area (TPSA) is 55.1 Å². The Morgan fingerprint density at radius 3 is 1.84 bits per heavy atom. The molecule has 0 aliphatic carbocycles. The maximum absolute atomic E-state index is 12.9. The van der Waals surface area contributed by atoms with E-state index < -0.39 is 24.2 Å². The smallest absolute Gasteiger partial charge is 0.405 e. The Balaban J connectivity index is 2.29. The number of nitriles is 1. The van der Waals surface area contributed by atoms with Gasteiger partial charge in [0.15, 0.2) is 0 Å². The van der Waals surface area contributed by atoms with Crippen LogP contribution in [0.3, 0.4) is 0 Å². The Morgan fingerprint density at radius 1 is 0.774 bits per heavy atom. The van der Waals surface area contributed by atoms with Crippen molar-refractivity contribution in [3.63, 3.8) is 0 Å². The number of benzene rings is 2. The Morgan fingerprint density at radius 2 is 1.29 bits per heavy atom. The molecule has 10 heteroatoms. The average molecular weight is 438 g/mol. The van der Waals surface area contributed by atoms with Crippen LogP contribution in [0.15, 0.2) is 60.8 Å². The first kappa shape index (κ1) is 22.0. The summed E-state index contributed by atoms with van der Waals surface area (Å²) in [5.41, 5.74) is -0.00750. The molecule has 4 nitrogen and oxygen atoms in total. The van der Waals surface area contributed by atoms with Crippen molar-refractivity contribution in [2.45, 2.75) is 19.1 Å². The van der Waals surface area contributed by atoms with Gasteiger partial charge in [-0.25, -0.2) is 0 Å². The molecular formula is C21H12F6N2O2. The largest absolute Gasteiger partial charge is 0.573 e. The third-order valence-corrected chi connectivity index (χ3v) is 4.06. The first-order chi connectivity index (χ1) is 14.6. The Bertz CT molecular complexity index is 1120. The van der Waals surface area contributed by atoms with Crippen molar-refractivity contribution in [2.24, 2.45) is 0 Å². The van der Waals surface area contributed by atoms with E-state index in [-0.39, 0.29) is 34.4 Å². The number of nitrogens with zero attached hydrogens (tertiary/aromatic N) is 2. The van der Waals surface area contributed by atoms with Crippen LogP contribution in [-0.4, -0.2) is 17.7 Å². The molecule has 0 aliphatic rings. The van der Waals surface area contributed by atoms with E-state index in [0.717, 1.165) is 12.1 Å². The molecule has 0 saturated heterocycles. The number of alkyl halides is 6. The number of ether oxygens (including phenoxy) is 2. The highest BCUT2D eigenvalue weighted by molar-refractivity contribution is 5.88. The van der Waals surface area contributed by atoms with Gasteiger partial charge in [-0.1, -0.05) is 30.3 Å². The number of hydrogen-bond donors (Lipinski definition) is 0. The molecule has 0 fully saturated rings. The van der Waals surface area contributed by atoms with Gasteiger partial charge in [0, 0.05) is 22.9 Å². The lowest BCUT2D eigenvalue weighted by atomic mass is 9.92. The monoisotopic (exact) mass is 438 g/mol. The molecule has 31 heavy (non-hydrogen) atoms. The van der Waals surface area contributed by atoms with Gasteiger partial charge in [-0.05, 0) is 29.8 Å². The molecule has 0 aliphatic heterocycles. The predicted molar refractivity (Wildman–Crippen MR) is 97.8 cm³/mol. The van der Waals surface area contributed by atoms with Crippen LogP contribution in [0, 0.1) is 11.3 Å². The summed E-state index contributed by atoms with van der Waals surface area (Å²) in [6, 6.07) is 13.5. The predicted octanol–water partition coefficient (Wildman–Crippen LogP) is 6.28. The molecule has 0 bridgehead atoms. The maximum atomic E-state index is 12.9. The fourth-order valence-electron chi connectivity index (χ4n) is 3.00. The van der Waals surface area contributed by atoms with E-state index in [9.17, 15) is 26.3 Å². The second-order valence-electron chi connectivity index (χ2n) is 6.12. The van der Waals surface area contributed by atoms with Gasteiger partial charge in [0.2, 0.25) is 0 Å². The second kappa shape index (κ2) is 8.55. The molecule has 2 aromatic carbocycles. The summed E-state index contributed by atoms with van der Waals surface area (Å²) in [7, 11) is 0. The normalized spacial score (nSPS) is 11.6. The molecule has 1 heterocycles. The Kier molecular flexibility index (Phi) is 6.06. The number of aromatic nitrogens is 1. The van der Waals surface area contributed by atoms with Gasteiger partial charge in [-0.15, -0.1) is 26.3 Å². The van der Waals surface area contributed by atoms with Gasteiger partial charge in [-0.3, -0.25) is 4.98 Å². The highest BCUT2D eigenvalue weighted by Gasteiger charge is 2.34. The lowest BCUT2D eigenvalue weighted by Crippen LogP contribution is -2.18. The third-order valence-electron chi connectivity index (χ3n) is 4.06. The number of rotatable bonds is 5. The van der Waals surface area contributed by atoms with Crippen LogP contribution in [0.5, 0.6) is 11.5 Å². The second-order valence-corrected chi connectivity index (χ2v) is 6.12. The first-order valence-corrected chi connectivity index (χ1v) is 8.64. The van der Waals surface area contributed by atoms with E-state index in [1.807, 2.05) is 6.07 Å². The lowest BCUT2D eigenvalue weighted by Gasteiger charge is -2.19. The van der Waals surface area contributed by atoms with E-state index in [0.29, 0.717) is 0 Å². The summed E-state index contributed by atoms with van der Waals surface area (Å²) in [5.74, 6) is -1.18. The zero-order valence-electron chi connectivity index (χ0n) is 15.5. The standard InChI is InChI=1S/C21H12F6N2O2/c22-20(23,24)30-16-7-3-1-5-14(16)18-13(9-11-28)10-12-29-19(18)15-6-2-4-8-17(15)31-21(25,26)27/h1-8,10,12H,9H2. The molecule has 160 valence electrons. The van der Waals surface area contributed by atoms with Crippen molar-refractivity contribution < 1.29 is 35.8 Å². The molecule has 0 atom stereocenters. The Labute approximate surface area is 172 Å². The van der Waals surface area contributed by atoms with Crippen LogP contribution in [0.4, 0.5) is 26.3 Å². The SMILES string of the molecule is N#CCc1ccnc(-c2ccccc2OC(F)(F)F)c1-c1ccccc1OC(F)(F)F. The van der Waals surface area contributed by atoms with Crippen molar-refractivity contribution in [2.75, 3.05) is 0 Å². The van der Waals surface area contributed by atoms with Crippen LogP contribution in [0.1, 0.15) is 5.56 Å². The average Bonchev–Trinajstić information content (AvgIpc) is 2.67. The van der Waals surface area contributed by atoms with Crippen LogP contribution in [0.25, 0.3) is 22.4 Å². The minimum atomic E-state index is -5.01. The van der Waals surface area contributed by atoms with E-state index in [2.05, 4.69) is 14.5 Å². The van der Waals surface area contributed by atoms with Crippen LogP contribution in [-0.2, 0) is 6.42 Å². The quantitative estimate of drug-likeness (QED) is 0.440. The van der Waals surface area contributed by atoms with Crippen molar-refractivity contribution in [3.8, 4) is 40.0 Å². The molecule has 0 unspecified atom stereocenters. The van der Waals surface area contributed by atoms with E-state index in [1.165, 1.54) is 48.7 Å². The highest BCUT2D eigenvalue weighted by atomic mass is 19.4. The Hall–Kier alpha value is -3.74. The van der Waals surface area contributed by atoms with Crippen molar-refractivity contribution in [3.05, 3.63) is 66.4 Å². The summed E-state index contributed by atoms with van der Waals surface area (Å²) in [6.45, 7) is 0. The van der Waals surface area contributed by atoms with E-state index in [1.54, 1.807) is 0 Å². The number of para-hydroxylation sites is 2. The molecule has 0 N–H and O–H groups in total. The first-order valence-electron chi connectivity index (χ1n) is 8.64. The zero-order chi connectivity index (χ0) is 22.6. The molecule has 3 rings (SSSR count). The molecular weight excluding hydrogens is 426 g/mol. The van der Waals surface area contributed by atoms with Gasteiger partial charge >= 0.3 is 12.7 Å². The molecule has 0 amide bonds. The molecule has 0 radical (unpaired) electrons. The summed E-state index contributed by atoms with van der Waals surface area (Å²) in [6.07, 6.45) is -8.99. The fourth-order valence-corrected chi connectivity index (χ4v) is 3.00. The minimum absolute atomic E-state index is 0.0297. The highest BCUT2D eigenvalue weighted by Crippen LogP contribution is 2.43. The number of hydrogen-bond acceptors (Lipinski definition) is 4. The third kappa shape index (κ3) is 5.45. The summed E-state index contributed by atoms with van der Waals surface area (Å²) < 4.78 is 85.6. The van der Waals surface area contributed by atoms with Crippen molar-refractivity contribution >= 4 is 0 Å². The molecule has 0 spiro atoms. The van der Waals surface area contributed by atoms with E-state index in [4.69, 9.17) is 5.26 Å². The van der Waals surface area contributed by atoms with Gasteiger partial charge in [0.25, 0.3) is 0 Å². The fraction of sp³-hybridized carbons (Fsp3) is 0.143. The number of pyridine rings is 1. The maximum Gasteiger partial charge on any atom is 0.573 e. The van der Waals surface area contributed by atoms with Crippen LogP contribution in [0.2, 0.25) is 0 Å². The summed E-state index contributed by atoms with van der Waals surface area (Å²) in [4.78, 5) is 4.10. The summed E-state index contributed by atoms with van der Waals surface area (Å²) in [5, 5.41) is 9.16. The van der Waals surface area contributed by atoms with Crippen molar-refractivity contribution in [1.29, 1.82) is 5.26 Å². The lowest BCUT2D eigenvalue weighted by molar-refractivity contribution is -0.275. The van der Waals surface area contributed by atoms with Gasteiger partial charge in [0.1, 0.15) is 11.5 Å². The molecule has 0 saturated carbocycles. The van der Waals surface area contributed by atoms with Crippen molar-refractivity contribution in [1.82, 2.24) is 4.98 Å². The van der Waals surface area contributed by atoms with Crippen LogP contribution >= 0.6 is 0 Å². The number of halogens is 6.